The zero-order valence-corrected chi connectivity index (χ0v) is 13.8. The molecule has 1 unspecified atom stereocenters. The fraction of sp³-hybridized carbons (Fsp3) is 0.200. The van der Waals surface area contributed by atoms with Crippen LogP contribution < -0.4 is 10.5 Å². The van der Waals surface area contributed by atoms with Crippen molar-refractivity contribution < 1.29 is 23.1 Å². The van der Waals surface area contributed by atoms with Crippen LogP contribution in [-0.4, -0.2) is 31.4 Å². The first kappa shape index (κ1) is 17.1. The molecular formula is C10H10Br2N2O5S. The van der Waals surface area contributed by atoms with E-state index < -0.39 is 34.4 Å². The lowest BCUT2D eigenvalue weighted by molar-refractivity contribution is -0.140. The van der Waals surface area contributed by atoms with Crippen molar-refractivity contribution in [3.05, 3.63) is 27.1 Å². The number of nitrogens with two attached hydrogens (primary N) is 1. The summed E-state index contributed by atoms with van der Waals surface area (Å²) >= 11 is 6.24. The van der Waals surface area contributed by atoms with Gasteiger partial charge in [-0.2, -0.15) is 4.72 Å². The summed E-state index contributed by atoms with van der Waals surface area (Å²) in [4.78, 5) is 21.5. The van der Waals surface area contributed by atoms with Crippen LogP contribution >= 0.6 is 31.9 Å². The Labute approximate surface area is 131 Å². The number of rotatable bonds is 6. The van der Waals surface area contributed by atoms with Crippen LogP contribution in [0.4, 0.5) is 0 Å². The smallest absolute Gasteiger partial charge is 0.322 e. The lowest BCUT2D eigenvalue weighted by Gasteiger charge is -2.14. The first-order chi connectivity index (χ1) is 9.13. The van der Waals surface area contributed by atoms with Gasteiger partial charge >= 0.3 is 5.97 Å². The quantitative estimate of drug-likeness (QED) is 0.616. The van der Waals surface area contributed by atoms with E-state index in [9.17, 15) is 18.0 Å². The van der Waals surface area contributed by atoms with Gasteiger partial charge in [0.25, 0.3) is 0 Å². The Balaban J connectivity index is 3.09. The highest BCUT2D eigenvalue weighted by Gasteiger charge is 2.28. The van der Waals surface area contributed by atoms with Crippen molar-refractivity contribution >= 4 is 53.8 Å². The number of hydrogen-bond donors (Lipinski definition) is 3. The molecule has 0 aliphatic heterocycles. The molecule has 0 saturated heterocycles. The van der Waals surface area contributed by atoms with Crippen LogP contribution in [0.15, 0.2) is 32.0 Å². The van der Waals surface area contributed by atoms with E-state index in [1.54, 1.807) is 0 Å². The van der Waals surface area contributed by atoms with Gasteiger partial charge in [0.2, 0.25) is 15.9 Å². The minimum atomic E-state index is -4.10. The van der Waals surface area contributed by atoms with Gasteiger partial charge in [0.1, 0.15) is 6.04 Å². The normalized spacial score (nSPS) is 12.9. The Bertz CT molecular complexity index is 647. The summed E-state index contributed by atoms with van der Waals surface area (Å²) in [6.07, 6.45) is -0.636. The van der Waals surface area contributed by atoms with Gasteiger partial charge in [0.05, 0.1) is 11.3 Å². The van der Waals surface area contributed by atoms with Crippen molar-refractivity contribution in [3.63, 3.8) is 0 Å². The maximum atomic E-state index is 12.1. The summed E-state index contributed by atoms with van der Waals surface area (Å²) in [5, 5.41) is 8.89. The number of aliphatic carboxylic acids is 1. The van der Waals surface area contributed by atoms with Crippen molar-refractivity contribution in [3.8, 4) is 0 Å². The number of nitrogens with one attached hydrogen (secondary N) is 1. The van der Waals surface area contributed by atoms with E-state index in [0.29, 0.717) is 4.47 Å². The Kier molecular flexibility index (Phi) is 5.68. The van der Waals surface area contributed by atoms with Crippen molar-refractivity contribution in [2.24, 2.45) is 5.73 Å². The zero-order chi connectivity index (χ0) is 15.5. The number of carbonyl (C=O) groups is 2. The van der Waals surface area contributed by atoms with Crippen molar-refractivity contribution in [2.45, 2.75) is 17.4 Å². The Morgan fingerprint density at radius 2 is 1.95 bits per heavy atom. The number of sulfonamides is 1. The second-order valence-corrected chi connectivity index (χ2v) is 7.21. The molecule has 0 aliphatic rings. The highest BCUT2D eigenvalue weighted by atomic mass is 79.9. The van der Waals surface area contributed by atoms with Crippen molar-refractivity contribution in [1.29, 1.82) is 0 Å². The Hall–Kier alpha value is -0.970. The topological polar surface area (TPSA) is 127 Å². The maximum Gasteiger partial charge on any atom is 0.322 e. The Morgan fingerprint density at radius 1 is 1.35 bits per heavy atom. The molecule has 1 atom stereocenters. The van der Waals surface area contributed by atoms with E-state index in [2.05, 4.69) is 31.9 Å². The van der Waals surface area contributed by atoms with Gasteiger partial charge < -0.3 is 10.8 Å². The monoisotopic (exact) mass is 428 g/mol. The van der Waals surface area contributed by atoms with Gasteiger partial charge in [-0.25, -0.2) is 8.42 Å². The molecule has 10 heteroatoms. The number of carboxylic acid groups (broad SMARTS) is 1. The van der Waals surface area contributed by atoms with Gasteiger partial charge in [-0.1, -0.05) is 15.9 Å². The summed E-state index contributed by atoms with van der Waals surface area (Å²) in [5.41, 5.74) is 4.89. The molecule has 0 saturated carbocycles. The second kappa shape index (κ2) is 6.66. The minimum Gasteiger partial charge on any atom is -0.480 e. The fourth-order valence-electron chi connectivity index (χ4n) is 1.32. The Morgan fingerprint density at radius 3 is 2.40 bits per heavy atom. The van der Waals surface area contributed by atoms with Gasteiger partial charge in [-0.05, 0) is 34.1 Å². The van der Waals surface area contributed by atoms with Crippen LogP contribution in [0.5, 0.6) is 0 Å². The first-order valence-electron chi connectivity index (χ1n) is 5.12. The van der Waals surface area contributed by atoms with Crippen LogP contribution in [0.3, 0.4) is 0 Å². The number of carbonyl (C=O) groups excluding carboxylic acids is 1. The summed E-state index contributed by atoms with van der Waals surface area (Å²) in [7, 11) is -4.10. The lowest BCUT2D eigenvalue weighted by Crippen LogP contribution is -2.43. The molecule has 1 rings (SSSR count). The van der Waals surface area contributed by atoms with E-state index in [0.717, 1.165) is 0 Å². The van der Waals surface area contributed by atoms with Crippen molar-refractivity contribution in [1.82, 2.24) is 4.72 Å². The second-order valence-electron chi connectivity index (χ2n) is 3.76. The van der Waals surface area contributed by atoms with Crippen molar-refractivity contribution in [2.75, 3.05) is 0 Å². The molecule has 0 fully saturated rings. The number of hydrogen-bond acceptors (Lipinski definition) is 4. The number of benzene rings is 1. The zero-order valence-electron chi connectivity index (χ0n) is 9.84. The highest BCUT2D eigenvalue weighted by molar-refractivity contribution is 9.11. The highest BCUT2D eigenvalue weighted by Crippen LogP contribution is 2.25. The van der Waals surface area contributed by atoms with Gasteiger partial charge in [-0.3, -0.25) is 9.59 Å². The number of amides is 1. The number of carboxylic acids is 1. The van der Waals surface area contributed by atoms with E-state index in [1.807, 2.05) is 4.72 Å². The van der Waals surface area contributed by atoms with Crippen LogP contribution in [0.1, 0.15) is 6.42 Å². The van der Waals surface area contributed by atoms with Crippen LogP contribution in [0.25, 0.3) is 0 Å². The van der Waals surface area contributed by atoms with Crippen LogP contribution in [0.2, 0.25) is 0 Å². The predicted octanol–water partition coefficient (Wildman–Crippen LogP) is 0.818. The van der Waals surface area contributed by atoms with Gasteiger partial charge in [0.15, 0.2) is 0 Å². The third-order valence-corrected chi connectivity index (χ3v) is 5.13. The molecule has 0 aliphatic carbocycles. The molecule has 7 nitrogen and oxygen atoms in total. The van der Waals surface area contributed by atoms with E-state index in [1.165, 1.54) is 18.2 Å². The molecule has 0 spiro atoms. The molecule has 0 heterocycles. The molecule has 1 amide bonds. The maximum absolute atomic E-state index is 12.1. The van der Waals surface area contributed by atoms with E-state index >= 15 is 0 Å². The summed E-state index contributed by atoms with van der Waals surface area (Å²) in [6, 6.07) is 2.66. The molecule has 0 radical (unpaired) electrons. The molecule has 4 N–H and O–H groups in total. The molecule has 1 aromatic carbocycles. The van der Waals surface area contributed by atoms with Crippen LogP contribution in [0, 0.1) is 0 Å². The summed E-state index contributed by atoms with van der Waals surface area (Å²) in [6.45, 7) is 0. The third kappa shape index (κ3) is 4.54. The van der Waals surface area contributed by atoms with Crippen LogP contribution in [-0.2, 0) is 19.6 Å². The molecular weight excluding hydrogens is 420 g/mol. The number of halogens is 2. The van der Waals surface area contributed by atoms with Gasteiger partial charge in [-0.15, -0.1) is 0 Å². The largest absolute Gasteiger partial charge is 0.480 e. The summed E-state index contributed by atoms with van der Waals surface area (Å²) in [5.74, 6) is -2.41. The molecule has 1 aromatic rings. The fourth-order valence-corrected chi connectivity index (χ4v) is 4.26. The number of primary amides is 1. The first-order valence-corrected chi connectivity index (χ1v) is 8.19. The summed E-state index contributed by atoms with van der Waals surface area (Å²) < 4.78 is 27.0. The standard InChI is InChI=1S/C10H10Br2N2O5S/c11-5-1-2-8(6(12)3-5)20(18,19)14-7(10(16)17)4-9(13)15/h1-3,7,14H,4H2,(H2,13,15)(H,16,17). The SMILES string of the molecule is NC(=O)CC(NS(=O)(=O)c1ccc(Br)cc1Br)C(=O)O. The molecule has 0 aromatic heterocycles. The lowest BCUT2D eigenvalue weighted by atomic mass is 10.2. The predicted molar refractivity (Wildman–Crippen MR) is 77.4 cm³/mol. The average Bonchev–Trinajstić information content (AvgIpc) is 2.26. The minimum absolute atomic E-state index is 0.142. The average molecular weight is 430 g/mol. The molecule has 0 bridgehead atoms. The van der Waals surface area contributed by atoms with E-state index in [4.69, 9.17) is 10.8 Å². The van der Waals surface area contributed by atoms with E-state index in [-0.39, 0.29) is 9.37 Å². The molecule has 20 heavy (non-hydrogen) atoms. The third-order valence-electron chi connectivity index (χ3n) is 2.18. The molecule has 110 valence electrons. The van der Waals surface area contributed by atoms with Gasteiger partial charge in [0, 0.05) is 8.95 Å².